The first kappa shape index (κ1) is 15.8. The van der Waals surface area contributed by atoms with Crippen molar-refractivity contribution < 1.29 is 14.3 Å². The maximum Gasteiger partial charge on any atom is 0.265 e. The number of carbonyl (C=O) groups excluding carboxylic acids is 2. The number of amides is 1. The van der Waals surface area contributed by atoms with Crippen molar-refractivity contribution in [3.8, 4) is 11.4 Å². The Morgan fingerprint density at radius 1 is 1.29 bits per heavy atom. The monoisotopic (exact) mass is 343 g/mol. The Kier molecular flexibility index (Phi) is 4.34. The lowest BCUT2D eigenvalue weighted by atomic mass is 10.2. The van der Waals surface area contributed by atoms with Crippen molar-refractivity contribution in [2.24, 2.45) is 0 Å². The van der Waals surface area contributed by atoms with E-state index >= 15 is 0 Å². The van der Waals surface area contributed by atoms with Gasteiger partial charge in [-0.15, -0.1) is 16.4 Å². The predicted octanol–water partition coefficient (Wildman–Crippen LogP) is 2.19. The van der Waals surface area contributed by atoms with Crippen molar-refractivity contribution in [2.45, 2.75) is 6.92 Å². The summed E-state index contributed by atoms with van der Waals surface area (Å²) in [7, 11) is 1.54. The third-order valence-corrected chi connectivity index (χ3v) is 4.19. The molecular formula is C15H13N5O3S. The van der Waals surface area contributed by atoms with Gasteiger partial charge in [-0.05, 0) is 41.6 Å². The summed E-state index contributed by atoms with van der Waals surface area (Å²) < 4.78 is 6.72. The number of aromatic nitrogens is 4. The molecule has 0 saturated carbocycles. The summed E-state index contributed by atoms with van der Waals surface area (Å²) in [5, 5.41) is 15.5. The highest BCUT2D eigenvalue weighted by Gasteiger charge is 2.13. The SMILES string of the molecule is COc1ccc(NC(=O)c2cc(C(C)=O)cs2)cc1-n1cnnn1. The number of ether oxygens (including phenoxy) is 1. The van der Waals surface area contributed by atoms with Crippen LogP contribution < -0.4 is 10.1 Å². The lowest BCUT2D eigenvalue weighted by Crippen LogP contribution is -2.11. The lowest BCUT2D eigenvalue weighted by Gasteiger charge is -2.10. The number of tetrazole rings is 1. The molecule has 0 atom stereocenters. The van der Waals surface area contributed by atoms with Gasteiger partial charge in [0.25, 0.3) is 5.91 Å². The highest BCUT2D eigenvalue weighted by atomic mass is 32.1. The Bertz CT molecular complexity index is 888. The first-order chi connectivity index (χ1) is 11.6. The van der Waals surface area contributed by atoms with Crippen LogP contribution in [0.25, 0.3) is 5.69 Å². The number of benzene rings is 1. The maximum absolute atomic E-state index is 12.3. The molecule has 0 unspecified atom stereocenters. The zero-order valence-electron chi connectivity index (χ0n) is 12.9. The molecule has 1 aromatic carbocycles. The van der Waals surface area contributed by atoms with Crippen molar-refractivity contribution in [3.05, 3.63) is 46.4 Å². The Hall–Kier alpha value is -3.07. The van der Waals surface area contributed by atoms with Crippen LogP contribution in [0.4, 0.5) is 5.69 Å². The lowest BCUT2D eigenvalue weighted by molar-refractivity contribution is 0.101. The molecule has 3 rings (SSSR count). The summed E-state index contributed by atoms with van der Waals surface area (Å²) in [6, 6.07) is 6.70. The Balaban J connectivity index is 1.85. The van der Waals surface area contributed by atoms with Crippen molar-refractivity contribution >= 4 is 28.7 Å². The minimum atomic E-state index is -0.291. The van der Waals surface area contributed by atoms with Crippen LogP contribution >= 0.6 is 11.3 Å². The molecule has 122 valence electrons. The topological polar surface area (TPSA) is 99.0 Å². The van der Waals surface area contributed by atoms with E-state index in [1.807, 2.05) is 0 Å². The second kappa shape index (κ2) is 6.59. The van der Waals surface area contributed by atoms with Gasteiger partial charge in [-0.1, -0.05) is 0 Å². The maximum atomic E-state index is 12.3. The number of rotatable bonds is 5. The van der Waals surface area contributed by atoms with Crippen LogP contribution in [0.1, 0.15) is 27.0 Å². The van der Waals surface area contributed by atoms with E-state index in [2.05, 4.69) is 20.8 Å². The Morgan fingerprint density at radius 3 is 2.75 bits per heavy atom. The predicted molar refractivity (Wildman–Crippen MR) is 88.0 cm³/mol. The van der Waals surface area contributed by atoms with Crippen LogP contribution in [0.2, 0.25) is 0 Å². The number of carbonyl (C=O) groups is 2. The van der Waals surface area contributed by atoms with Crippen molar-refractivity contribution in [2.75, 3.05) is 12.4 Å². The average Bonchev–Trinajstić information content (AvgIpc) is 3.26. The number of nitrogens with one attached hydrogen (secondary N) is 1. The van der Waals surface area contributed by atoms with Gasteiger partial charge in [-0.3, -0.25) is 9.59 Å². The number of thiophene rings is 1. The molecule has 0 aliphatic heterocycles. The highest BCUT2D eigenvalue weighted by molar-refractivity contribution is 7.12. The fourth-order valence-corrected chi connectivity index (χ4v) is 2.89. The Labute approximate surface area is 141 Å². The molecule has 2 heterocycles. The zero-order chi connectivity index (χ0) is 17.1. The molecule has 2 aromatic heterocycles. The van der Waals surface area contributed by atoms with Gasteiger partial charge in [0.05, 0.1) is 12.0 Å². The number of ketones is 1. The van der Waals surface area contributed by atoms with Gasteiger partial charge in [-0.2, -0.15) is 4.68 Å². The normalized spacial score (nSPS) is 10.4. The summed E-state index contributed by atoms with van der Waals surface area (Å²) >= 11 is 1.22. The molecule has 3 aromatic rings. The van der Waals surface area contributed by atoms with E-state index in [4.69, 9.17) is 4.74 Å². The van der Waals surface area contributed by atoms with E-state index in [1.165, 1.54) is 36.4 Å². The molecule has 0 aliphatic carbocycles. The number of hydrogen-bond acceptors (Lipinski definition) is 7. The van der Waals surface area contributed by atoms with Gasteiger partial charge in [0.15, 0.2) is 5.78 Å². The van der Waals surface area contributed by atoms with Gasteiger partial charge in [0, 0.05) is 16.6 Å². The number of methoxy groups -OCH3 is 1. The minimum Gasteiger partial charge on any atom is -0.494 e. The molecule has 1 N–H and O–H groups in total. The quantitative estimate of drug-likeness (QED) is 0.713. The van der Waals surface area contributed by atoms with E-state index in [9.17, 15) is 9.59 Å². The zero-order valence-corrected chi connectivity index (χ0v) is 13.7. The second-order valence-electron chi connectivity index (χ2n) is 4.85. The summed E-state index contributed by atoms with van der Waals surface area (Å²) in [4.78, 5) is 24.1. The molecule has 9 heteroatoms. The second-order valence-corrected chi connectivity index (χ2v) is 5.76. The van der Waals surface area contributed by atoms with Crippen LogP contribution in [0.5, 0.6) is 5.75 Å². The first-order valence-corrected chi connectivity index (χ1v) is 7.78. The van der Waals surface area contributed by atoms with Crippen LogP contribution in [-0.2, 0) is 0 Å². The van der Waals surface area contributed by atoms with Crippen LogP contribution in [0.3, 0.4) is 0 Å². The van der Waals surface area contributed by atoms with Crippen molar-refractivity contribution in [1.82, 2.24) is 20.2 Å². The van der Waals surface area contributed by atoms with Gasteiger partial charge < -0.3 is 10.1 Å². The van der Waals surface area contributed by atoms with Gasteiger partial charge in [0.1, 0.15) is 17.8 Å². The molecule has 1 amide bonds. The highest BCUT2D eigenvalue weighted by Crippen LogP contribution is 2.26. The molecule has 0 radical (unpaired) electrons. The van der Waals surface area contributed by atoms with E-state index in [-0.39, 0.29) is 11.7 Å². The molecule has 0 fully saturated rings. The number of Topliss-reactive ketones (excluding diaryl/α,β-unsaturated/α-hetero) is 1. The fourth-order valence-electron chi connectivity index (χ4n) is 2.05. The number of nitrogens with zero attached hydrogens (tertiary/aromatic N) is 4. The first-order valence-electron chi connectivity index (χ1n) is 6.90. The van der Waals surface area contributed by atoms with Gasteiger partial charge in [-0.25, -0.2) is 0 Å². The van der Waals surface area contributed by atoms with E-state index in [0.717, 1.165) is 0 Å². The molecular weight excluding hydrogens is 330 g/mol. The van der Waals surface area contributed by atoms with E-state index in [1.54, 1.807) is 29.6 Å². The summed E-state index contributed by atoms with van der Waals surface area (Å²) in [6.45, 7) is 1.46. The number of anilines is 1. The van der Waals surface area contributed by atoms with Crippen LogP contribution in [0.15, 0.2) is 36.0 Å². The third kappa shape index (κ3) is 3.15. The largest absolute Gasteiger partial charge is 0.494 e. The van der Waals surface area contributed by atoms with Crippen LogP contribution in [0, 0.1) is 0 Å². The molecule has 0 spiro atoms. The molecule has 8 nitrogen and oxygen atoms in total. The molecule has 0 aliphatic rings. The summed E-state index contributed by atoms with van der Waals surface area (Å²) in [5.74, 6) is 0.200. The van der Waals surface area contributed by atoms with Crippen LogP contribution in [-0.4, -0.2) is 39.0 Å². The standard InChI is InChI=1S/C15H13N5O3S/c1-9(21)10-5-14(24-7-10)15(22)17-11-3-4-13(23-2)12(6-11)20-8-16-18-19-20/h3-8H,1-2H3,(H,17,22). The summed E-state index contributed by atoms with van der Waals surface area (Å²) in [5.41, 5.74) is 1.68. The van der Waals surface area contributed by atoms with Crippen molar-refractivity contribution in [1.29, 1.82) is 0 Å². The van der Waals surface area contributed by atoms with Crippen molar-refractivity contribution in [3.63, 3.8) is 0 Å². The van der Waals surface area contributed by atoms with Gasteiger partial charge >= 0.3 is 0 Å². The smallest absolute Gasteiger partial charge is 0.265 e. The number of hydrogen-bond donors (Lipinski definition) is 1. The molecule has 0 bridgehead atoms. The van der Waals surface area contributed by atoms with E-state index in [0.29, 0.717) is 27.6 Å². The molecule has 0 saturated heterocycles. The summed E-state index contributed by atoms with van der Waals surface area (Å²) in [6.07, 6.45) is 1.43. The average molecular weight is 343 g/mol. The fraction of sp³-hybridized carbons (Fsp3) is 0.133. The molecule has 24 heavy (non-hydrogen) atoms. The Morgan fingerprint density at radius 2 is 2.12 bits per heavy atom. The van der Waals surface area contributed by atoms with Gasteiger partial charge in [0.2, 0.25) is 0 Å². The van der Waals surface area contributed by atoms with E-state index < -0.39 is 0 Å². The third-order valence-electron chi connectivity index (χ3n) is 3.26. The minimum absolute atomic E-state index is 0.0734.